The van der Waals surface area contributed by atoms with Gasteiger partial charge in [-0.2, -0.15) is 5.10 Å². The second-order valence-electron chi connectivity index (χ2n) is 4.52. The summed E-state index contributed by atoms with van der Waals surface area (Å²) in [6.07, 6.45) is 3.49. The van der Waals surface area contributed by atoms with Crippen molar-refractivity contribution in [3.05, 3.63) is 16.9 Å². The molecular weight excluding hydrogens is 224 g/mol. The molecule has 1 aromatic heterocycles. The first-order chi connectivity index (χ1) is 7.45. The van der Waals surface area contributed by atoms with Gasteiger partial charge in [0, 0.05) is 6.54 Å². The molecule has 0 amide bonds. The minimum Gasteiger partial charge on any atom is -0.384 e. The Morgan fingerprint density at radius 2 is 2.19 bits per heavy atom. The van der Waals surface area contributed by atoms with Crippen LogP contribution in [0.5, 0.6) is 0 Å². The quantitative estimate of drug-likeness (QED) is 0.864. The molecule has 0 spiro atoms. The van der Waals surface area contributed by atoms with Gasteiger partial charge in [0.25, 0.3) is 0 Å². The minimum atomic E-state index is -0.919. The number of rotatable bonds is 5. The third-order valence-electron chi connectivity index (χ3n) is 3.28. The predicted octanol–water partition coefficient (Wildman–Crippen LogP) is 3.20. The second-order valence-corrected chi connectivity index (χ2v) is 4.93. The Morgan fingerprint density at radius 1 is 1.56 bits per heavy atom. The van der Waals surface area contributed by atoms with Crippen LogP contribution >= 0.6 is 11.6 Å². The smallest absolute Gasteiger partial charge is 0.107 e. The Bertz CT molecular complexity index is 347. The van der Waals surface area contributed by atoms with Crippen molar-refractivity contribution < 1.29 is 5.11 Å². The molecule has 0 bridgehead atoms. The molecule has 2 atom stereocenters. The molecule has 0 aliphatic heterocycles. The van der Waals surface area contributed by atoms with E-state index in [1.807, 2.05) is 18.5 Å². The Hall–Kier alpha value is -0.540. The standard InChI is InChI=1S/C12H21ClN2O/c1-5-7-15-11(10(13)8-14-15)12(4,16)9(3)6-2/h8-9,16H,5-7H2,1-4H3. The summed E-state index contributed by atoms with van der Waals surface area (Å²) in [5, 5.41) is 15.4. The van der Waals surface area contributed by atoms with Crippen LogP contribution in [0.1, 0.15) is 46.2 Å². The molecule has 4 heteroatoms. The van der Waals surface area contributed by atoms with Crippen molar-refractivity contribution in [2.24, 2.45) is 5.92 Å². The molecule has 16 heavy (non-hydrogen) atoms. The first-order valence-electron chi connectivity index (χ1n) is 5.89. The van der Waals surface area contributed by atoms with Crippen LogP contribution in [-0.2, 0) is 12.1 Å². The average molecular weight is 245 g/mol. The molecule has 1 heterocycles. The van der Waals surface area contributed by atoms with Crippen LogP contribution in [-0.4, -0.2) is 14.9 Å². The highest BCUT2D eigenvalue weighted by Gasteiger charge is 2.34. The van der Waals surface area contributed by atoms with E-state index in [2.05, 4.69) is 18.9 Å². The molecule has 0 aromatic carbocycles. The Balaban J connectivity index is 3.14. The predicted molar refractivity (Wildman–Crippen MR) is 66.6 cm³/mol. The molecule has 0 saturated carbocycles. The van der Waals surface area contributed by atoms with Crippen molar-refractivity contribution >= 4 is 11.6 Å². The highest BCUT2D eigenvalue weighted by Crippen LogP contribution is 2.35. The number of nitrogens with zero attached hydrogens (tertiary/aromatic N) is 2. The van der Waals surface area contributed by atoms with E-state index in [1.54, 1.807) is 6.20 Å². The van der Waals surface area contributed by atoms with Crippen molar-refractivity contribution in [3.63, 3.8) is 0 Å². The van der Waals surface area contributed by atoms with E-state index in [9.17, 15) is 5.11 Å². The van der Waals surface area contributed by atoms with Gasteiger partial charge in [-0.1, -0.05) is 38.8 Å². The zero-order valence-electron chi connectivity index (χ0n) is 10.5. The van der Waals surface area contributed by atoms with Crippen LogP contribution in [0.3, 0.4) is 0 Å². The molecule has 0 aliphatic rings. The largest absolute Gasteiger partial charge is 0.384 e. The number of halogens is 1. The number of aliphatic hydroxyl groups is 1. The van der Waals surface area contributed by atoms with Gasteiger partial charge in [0.05, 0.1) is 16.9 Å². The maximum atomic E-state index is 10.6. The van der Waals surface area contributed by atoms with Crippen molar-refractivity contribution in [1.82, 2.24) is 9.78 Å². The Labute approximate surface area is 102 Å². The second kappa shape index (κ2) is 5.19. The monoisotopic (exact) mass is 244 g/mol. The first-order valence-corrected chi connectivity index (χ1v) is 6.27. The molecule has 0 fully saturated rings. The third kappa shape index (κ3) is 2.41. The van der Waals surface area contributed by atoms with Gasteiger partial charge >= 0.3 is 0 Å². The van der Waals surface area contributed by atoms with E-state index >= 15 is 0 Å². The summed E-state index contributed by atoms with van der Waals surface area (Å²) in [5.74, 6) is 0.150. The van der Waals surface area contributed by atoms with Crippen molar-refractivity contribution in [2.45, 2.75) is 52.7 Å². The molecule has 0 aliphatic carbocycles. The van der Waals surface area contributed by atoms with Gasteiger partial charge in [-0.25, -0.2) is 0 Å². The molecule has 1 aromatic rings. The SMILES string of the molecule is CCCn1ncc(Cl)c1C(C)(O)C(C)CC. The summed E-state index contributed by atoms with van der Waals surface area (Å²) >= 11 is 6.12. The van der Waals surface area contributed by atoms with Gasteiger partial charge in [-0.3, -0.25) is 4.68 Å². The highest BCUT2D eigenvalue weighted by molar-refractivity contribution is 6.31. The van der Waals surface area contributed by atoms with Crippen LogP contribution < -0.4 is 0 Å². The Kier molecular flexibility index (Phi) is 4.39. The molecule has 92 valence electrons. The lowest BCUT2D eigenvalue weighted by molar-refractivity contribution is -0.00820. The number of aromatic nitrogens is 2. The van der Waals surface area contributed by atoms with Crippen LogP contribution in [0, 0.1) is 5.92 Å². The summed E-state index contributed by atoms with van der Waals surface area (Å²) in [6.45, 7) is 8.77. The summed E-state index contributed by atoms with van der Waals surface area (Å²) in [5.41, 5.74) is -0.178. The highest BCUT2D eigenvalue weighted by atomic mass is 35.5. The lowest BCUT2D eigenvalue weighted by Crippen LogP contribution is -2.33. The van der Waals surface area contributed by atoms with E-state index in [-0.39, 0.29) is 5.92 Å². The molecule has 2 unspecified atom stereocenters. The lowest BCUT2D eigenvalue weighted by Gasteiger charge is -2.30. The molecule has 1 N–H and O–H groups in total. The number of aryl methyl sites for hydroxylation is 1. The summed E-state index contributed by atoms with van der Waals surface area (Å²) < 4.78 is 1.81. The third-order valence-corrected chi connectivity index (χ3v) is 3.56. The van der Waals surface area contributed by atoms with Gasteiger partial charge < -0.3 is 5.11 Å². The number of hydrogen-bond acceptors (Lipinski definition) is 2. The molecular formula is C12H21ClN2O. The topological polar surface area (TPSA) is 38.0 Å². The van der Waals surface area contributed by atoms with Crippen LogP contribution in [0.2, 0.25) is 5.02 Å². The van der Waals surface area contributed by atoms with Gasteiger partial charge in [0.2, 0.25) is 0 Å². The minimum absolute atomic E-state index is 0.150. The van der Waals surface area contributed by atoms with Gasteiger partial charge in [-0.05, 0) is 19.3 Å². The van der Waals surface area contributed by atoms with Crippen LogP contribution in [0.15, 0.2) is 6.20 Å². The fraction of sp³-hybridized carbons (Fsp3) is 0.750. The fourth-order valence-corrected chi connectivity index (χ4v) is 2.21. The maximum Gasteiger partial charge on any atom is 0.107 e. The zero-order chi connectivity index (χ0) is 12.3. The molecule has 3 nitrogen and oxygen atoms in total. The van der Waals surface area contributed by atoms with Crippen molar-refractivity contribution in [3.8, 4) is 0 Å². The van der Waals surface area contributed by atoms with Gasteiger partial charge in [0.1, 0.15) is 5.60 Å². The van der Waals surface area contributed by atoms with Crippen LogP contribution in [0.4, 0.5) is 0 Å². The van der Waals surface area contributed by atoms with Crippen molar-refractivity contribution in [1.29, 1.82) is 0 Å². The van der Waals surface area contributed by atoms with Gasteiger partial charge in [0.15, 0.2) is 0 Å². The zero-order valence-corrected chi connectivity index (χ0v) is 11.3. The van der Waals surface area contributed by atoms with Gasteiger partial charge in [-0.15, -0.1) is 0 Å². The van der Waals surface area contributed by atoms with E-state index in [0.29, 0.717) is 5.02 Å². The molecule has 0 saturated heterocycles. The maximum absolute atomic E-state index is 10.6. The number of hydrogen-bond donors (Lipinski definition) is 1. The summed E-state index contributed by atoms with van der Waals surface area (Å²) in [4.78, 5) is 0. The van der Waals surface area contributed by atoms with E-state index < -0.39 is 5.60 Å². The summed E-state index contributed by atoms with van der Waals surface area (Å²) in [6, 6.07) is 0. The Morgan fingerprint density at radius 3 is 2.69 bits per heavy atom. The van der Waals surface area contributed by atoms with E-state index in [1.165, 1.54) is 0 Å². The van der Waals surface area contributed by atoms with E-state index in [4.69, 9.17) is 11.6 Å². The normalized spacial score (nSPS) is 17.1. The fourth-order valence-electron chi connectivity index (χ4n) is 1.88. The van der Waals surface area contributed by atoms with Crippen LogP contribution in [0.25, 0.3) is 0 Å². The molecule has 1 rings (SSSR count). The average Bonchev–Trinajstić information content (AvgIpc) is 2.59. The van der Waals surface area contributed by atoms with E-state index in [0.717, 1.165) is 25.1 Å². The lowest BCUT2D eigenvalue weighted by atomic mass is 9.85. The summed E-state index contributed by atoms with van der Waals surface area (Å²) in [7, 11) is 0. The molecule has 0 radical (unpaired) electrons. The van der Waals surface area contributed by atoms with Crippen molar-refractivity contribution in [2.75, 3.05) is 0 Å². The first kappa shape index (κ1) is 13.5.